The summed E-state index contributed by atoms with van der Waals surface area (Å²) in [4.78, 5) is 37.6. The molecule has 0 spiro atoms. The van der Waals surface area contributed by atoms with E-state index in [0.29, 0.717) is 30.3 Å². The van der Waals surface area contributed by atoms with Gasteiger partial charge in [0.2, 0.25) is 0 Å². The zero-order valence-corrected chi connectivity index (χ0v) is 34.2. The number of likely N-dealkylation sites (N-methyl/N-ethyl adjacent to an activating group) is 1. The van der Waals surface area contributed by atoms with E-state index in [1.807, 2.05) is 21.1 Å². The Morgan fingerprint density at radius 1 is 0.849 bits per heavy atom. The highest BCUT2D eigenvalue weighted by Crippen LogP contribution is 2.38. The first-order chi connectivity index (χ1) is 25.2. The number of carbonyl (C=O) groups is 2. The Hall–Kier alpha value is -1.89. The van der Waals surface area contributed by atoms with Gasteiger partial charge in [-0.2, -0.15) is 0 Å². The van der Waals surface area contributed by atoms with E-state index in [1.165, 1.54) is 12.8 Å². The van der Waals surface area contributed by atoms with Crippen molar-refractivity contribution in [2.45, 2.75) is 147 Å². The topological polar surface area (TPSA) is 172 Å². The minimum Gasteiger partial charge on any atom is -0.756 e. The van der Waals surface area contributed by atoms with Crippen molar-refractivity contribution < 1.29 is 57.4 Å². The molecule has 308 valence electrons. The van der Waals surface area contributed by atoms with Crippen LogP contribution >= 0.6 is 7.82 Å². The predicted molar refractivity (Wildman–Crippen MR) is 206 cm³/mol. The van der Waals surface area contributed by atoms with E-state index in [0.717, 1.165) is 57.8 Å². The normalized spacial score (nSPS) is 21.8. The quantitative estimate of drug-likeness (QED) is 0.0237. The molecule has 0 aromatic carbocycles. The highest BCUT2D eigenvalue weighted by molar-refractivity contribution is 7.45. The van der Waals surface area contributed by atoms with E-state index in [-0.39, 0.29) is 37.7 Å². The first kappa shape index (κ1) is 49.1. The largest absolute Gasteiger partial charge is 0.756 e. The average molecular weight is 774 g/mol. The van der Waals surface area contributed by atoms with Crippen LogP contribution in [-0.4, -0.2) is 104 Å². The maximum absolute atomic E-state index is 12.6. The van der Waals surface area contributed by atoms with Gasteiger partial charge in [-0.05, 0) is 44.4 Å². The highest BCUT2D eigenvalue weighted by atomic mass is 31.2. The summed E-state index contributed by atoms with van der Waals surface area (Å²) in [6.45, 7) is 3.66. The third-order valence-corrected chi connectivity index (χ3v) is 10.2. The molecule has 7 atom stereocenters. The number of allylic oxidation sites excluding steroid dienone is 3. The molecular weight excluding hydrogens is 701 g/mol. The van der Waals surface area contributed by atoms with Crippen LogP contribution in [0.5, 0.6) is 0 Å². The second-order valence-electron chi connectivity index (χ2n) is 15.3. The van der Waals surface area contributed by atoms with E-state index in [9.17, 15) is 34.4 Å². The molecule has 0 aromatic heterocycles. The first-order valence-electron chi connectivity index (χ1n) is 20.0. The molecule has 0 radical (unpaired) electrons. The molecule has 0 aromatic rings. The van der Waals surface area contributed by atoms with Gasteiger partial charge >= 0.3 is 11.9 Å². The Morgan fingerprint density at radius 3 is 2.23 bits per heavy atom. The predicted octanol–water partition coefficient (Wildman–Crippen LogP) is 6.32. The van der Waals surface area contributed by atoms with E-state index in [1.54, 1.807) is 24.3 Å². The monoisotopic (exact) mass is 773 g/mol. The van der Waals surface area contributed by atoms with E-state index in [2.05, 4.69) is 26.0 Å². The molecule has 1 unspecified atom stereocenters. The second-order valence-corrected chi connectivity index (χ2v) is 16.7. The molecule has 1 rings (SSSR count). The molecule has 13 heteroatoms. The molecule has 1 aliphatic rings. The summed E-state index contributed by atoms with van der Waals surface area (Å²) in [6, 6.07) is 0. The van der Waals surface area contributed by atoms with Crippen molar-refractivity contribution in [2.75, 3.05) is 47.5 Å². The van der Waals surface area contributed by atoms with Gasteiger partial charge in [-0.3, -0.25) is 14.2 Å². The van der Waals surface area contributed by atoms with Crippen molar-refractivity contribution in [3.63, 3.8) is 0 Å². The standard InChI is InChI=1S/C40H72NO11P/c1-6-8-10-11-12-13-14-15-16-17-19-25-40(46)52-34(32-51-53(47,48)50-29-28-41(3,4)5)31-49-39(45)24-21-20-23-35-36(38(44)30-37(35)43)27-26-33(42)22-18-9-7-2/h11-12,20-21,26-27,33-38,42-44H,6-10,13-19,22-25,28-32H2,1-5H3/b12-11-,21-20-,27-26+/t33-,34-,35+,36-,37+,38-/m1/s1. The molecule has 0 aliphatic heterocycles. The van der Waals surface area contributed by atoms with Crippen LogP contribution < -0.4 is 4.89 Å². The Labute approximate surface area is 319 Å². The number of hydrogen-bond donors (Lipinski definition) is 3. The van der Waals surface area contributed by atoms with Crippen molar-refractivity contribution >= 4 is 19.8 Å². The van der Waals surface area contributed by atoms with Crippen molar-refractivity contribution in [3.05, 3.63) is 36.5 Å². The van der Waals surface area contributed by atoms with Crippen LogP contribution in [0.3, 0.4) is 0 Å². The number of carbonyl (C=O) groups excluding carboxylic acids is 2. The minimum absolute atomic E-state index is 0.0833. The molecule has 1 aliphatic carbocycles. The Kier molecular flexibility index (Phi) is 26.4. The van der Waals surface area contributed by atoms with Gasteiger partial charge in [-0.25, -0.2) is 0 Å². The summed E-state index contributed by atoms with van der Waals surface area (Å²) in [7, 11) is 0.983. The molecule has 1 saturated carbocycles. The van der Waals surface area contributed by atoms with Gasteiger partial charge in [0, 0.05) is 18.8 Å². The van der Waals surface area contributed by atoms with E-state index < -0.39 is 57.4 Å². The average Bonchev–Trinajstić information content (AvgIpc) is 3.36. The minimum atomic E-state index is -4.70. The number of ether oxygens (including phenoxy) is 2. The zero-order valence-electron chi connectivity index (χ0n) is 33.3. The van der Waals surface area contributed by atoms with E-state index in [4.69, 9.17) is 18.5 Å². The fraction of sp³-hybridized carbons (Fsp3) is 0.800. The Morgan fingerprint density at radius 2 is 1.53 bits per heavy atom. The maximum atomic E-state index is 12.6. The second kappa shape index (κ2) is 28.5. The van der Waals surface area contributed by atoms with Gasteiger partial charge in [-0.15, -0.1) is 0 Å². The van der Waals surface area contributed by atoms with Crippen LogP contribution in [0.1, 0.15) is 123 Å². The summed E-state index contributed by atoms with van der Waals surface area (Å²) in [5, 5.41) is 31.3. The lowest BCUT2D eigenvalue weighted by atomic mass is 9.89. The number of rotatable bonds is 31. The molecule has 53 heavy (non-hydrogen) atoms. The molecule has 0 saturated heterocycles. The first-order valence-corrected chi connectivity index (χ1v) is 21.4. The Balaban J connectivity index is 2.63. The number of phosphoric acid groups is 1. The molecule has 0 amide bonds. The molecule has 0 heterocycles. The molecule has 3 N–H and O–H groups in total. The van der Waals surface area contributed by atoms with Crippen LogP contribution in [0, 0.1) is 11.8 Å². The molecular formula is C40H72NO11P. The van der Waals surface area contributed by atoms with Crippen LogP contribution in [0.25, 0.3) is 0 Å². The smallest absolute Gasteiger partial charge is 0.309 e. The fourth-order valence-electron chi connectivity index (χ4n) is 5.96. The SMILES string of the molecule is CCCC/C=C\CCCCCCCC(=O)O[C@H](COC(=O)C/C=C\C[C@H]1[C@@H](/C=C/[C@H](O)CCCCC)[C@H](O)C[C@@H]1O)COP(=O)([O-])OCC[N+](C)(C)C. The fourth-order valence-corrected chi connectivity index (χ4v) is 6.69. The van der Waals surface area contributed by atoms with Crippen LogP contribution in [0.15, 0.2) is 36.5 Å². The Bertz CT molecular complexity index is 1120. The molecule has 12 nitrogen and oxygen atoms in total. The number of aliphatic hydroxyl groups is 3. The van der Waals surface area contributed by atoms with Gasteiger partial charge in [0.1, 0.15) is 19.8 Å². The summed E-state index contributed by atoms with van der Waals surface area (Å²) in [6.07, 6.45) is 21.7. The number of phosphoric ester groups is 1. The summed E-state index contributed by atoms with van der Waals surface area (Å²) >= 11 is 0. The summed E-state index contributed by atoms with van der Waals surface area (Å²) in [5.74, 6) is -1.75. The number of hydrogen-bond acceptors (Lipinski definition) is 11. The number of esters is 2. The van der Waals surface area contributed by atoms with Crippen molar-refractivity contribution in [1.82, 2.24) is 0 Å². The van der Waals surface area contributed by atoms with Crippen LogP contribution in [-0.2, 0) is 32.7 Å². The third-order valence-electron chi connectivity index (χ3n) is 9.24. The van der Waals surface area contributed by atoms with Gasteiger partial charge in [0.05, 0.1) is 52.5 Å². The molecule has 0 bridgehead atoms. The lowest BCUT2D eigenvalue weighted by Crippen LogP contribution is -2.37. The summed E-state index contributed by atoms with van der Waals surface area (Å²) in [5.41, 5.74) is 0. The highest BCUT2D eigenvalue weighted by Gasteiger charge is 2.39. The van der Waals surface area contributed by atoms with E-state index >= 15 is 0 Å². The number of unbranched alkanes of at least 4 members (excludes halogenated alkanes) is 9. The number of quaternary nitrogens is 1. The third kappa shape index (κ3) is 25.8. The van der Waals surface area contributed by atoms with Gasteiger partial charge in [0.15, 0.2) is 6.10 Å². The van der Waals surface area contributed by atoms with Crippen molar-refractivity contribution in [3.8, 4) is 0 Å². The van der Waals surface area contributed by atoms with Crippen molar-refractivity contribution in [2.24, 2.45) is 11.8 Å². The maximum Gasteiger partial charge on any atom is 0.309 e. The molecule has 1 fully saturated rings. The van der Waals surface area contributed by atoms with Gasteiger partial charge < -0.3 is 43.2 Å². The number of nitrogens with zero attached hydrogens (tertiary/aromatic N) is 1. The zero-order chi connectivity index (χ0) is 39.5. The lowest BCUT2D eigenvalue weighted by molar-refractivity contribution is -0.870. The lowest BCUT2D eigenvalue weighted by Gasteiger charge is -2.28. The summed E-state index contributed by atoms with van der Waals surface area (Å²) < 4.78 is 33.6. The van der Waals surface area contributed by atoms with Crippen molar-refractivity contribution in [1.29, 1.82) is 0 Å². The van der Waals surface area contributed by atoms with Gasteiger partial charge in [0.25, 0.3) is 7.82 Å². The van der Waals surface area contributed by atoms with Crippen LogP contribution in [0.2, 0.25) is 0 Å². The van der Waals surface area contributed by atoms with Gasteiger partial charge in [-0.1, -0.05) is 102 Å². The van der Waals surface area contributed by atoms with Crippen LogP contribution in [0.4, 0.5) is 0 Å². The number of aliphatic hydroxyl groups excluding tert-OH is 3.